The molecular weight excluding hydrogens is 276 g/mol. The number of aldehydes is 1. The second-order valence-electron chi connectivity index (χ2n) is 2.86. The van der Waals surface area contributed by atoms with Gasteiger partial charge in [0.2, 0.25) is 0 Å². The summed E-state index contributed by atoms with van der Waals surface area (Å²) in [6.07, 6.45) is 3.54. The van der Waals surface area contributed by atoms with Gasteiger partial charge in [0.15, 0.2) is 0 Å². The van der Waals surface area contributed by atoms with Gasteiger partial charge in [-0.25, -0.2) is 0 Å². The summed E-state index contributed by atoms with van der Waals surface area (Å²) in [5.41, 5.74) is 0.904. The van der Waals surface area contributed by atoms with Crippen molar-refractivity contribution >= 4 is 30.8 Å². The van der Waals surface area contributed by atoms with Gasteiger partial charge in [-0.05, 0) is 0 Å². The van der Waals surface area contributed by atoms with Crippen molar-refractivity contribution in [1.82, 2.24) is 0 Å². The molecule has 13 heavy (non-hydrogen) atoms. The molecule has 0 atom stereocenters. The molecule has 0 saturated carbocycles. The number of hydrogen-bond acceptors (Lipinski definition) is 1. The second-order valence-corrected chi connectivity index (χ2v) is 6.10. The van der Waals surface area contributed by atoms with Gasteiger partial charge < -0.3 is 0 Å². The molecule has 0 heterocycles. The van der Waals surface area contributed by atoms with Crippen LogP contribution in [0.5, 0.6) is 0 Å². The van der Waals surface area contributed by atoms with Crippen LogP contribution in [0.2, 0.25) is 4.47 Å². The number of carbonyl (C=O) groups is 1. The average molecular weight is 290 g/mol. The van der Waals surface area contributed by atoms with Gasteiger partial charge in [-0.15, -0.1) is 0 Å². The first-order valence-electron chi connectivity index (χ1n) is 4.55. The second kappa shape index (κ2) is 6.18. The van der Waals surface area contributed by atoms with E-state index in [1.54, 1.807) is 0 Å². The van der Waals surface area contributed by atoms with Gasteiger partial charge in [0, 0.05) is 0 Å². The molecule has 0 aliphatic heterocycles. The van der Waals surface area contributed by atoms with Crippen molar-refractivity contribution in [3.63, 3.8) is 0 Å². The first-order chi connectivity index (χ1) is 6.38. The molecule has 0 aliphatic carbocycles. The fourth-order valence-corrected chi connectivity index (χ4v) is 4.21. The van der Waals surface area contributed by atoms with E-state index >= 15 is 0 Å². The van der Waals surface area contributed by atoms with E-state index in [0.29, 0.717) is 0 Å². The van der Waals surface area contributed by atoms with Crippen LogP contribution in [0.1, 0.15) is 30.1 Å². The van der Waals surface area contributed by atoms with Crippen LogP contribution in [0.3, 0.4) is 0 Å². The Hall–Kier alpha value is -0.320. The molecule has 70 valence electrons. The molecule has 1 aromatic rings. The fraction of sp³-hybridized carbons (Fsp3) is 0.364. The molecule has 1 nitrogen and oxygen atoms in total. The summed E-state index contributed by atoms with van der Waals surface area (Å²) in [5, 5.41) is 0. The SMILES string of the molecule is CCCC[Te]c1ccccc1C=O. The summed E-state index contributed by atoms with van der Waals surface area (Å²) < 4.78 is 2.63. The van der Waals surface area contributed by atoms with E-state index in [1.807, 2.05) is 18.2 Å². The summed E-state index contributed by atoms with van der Waals surface area (Å²) in [6.45, 7) is 2.21. The fourth-order valence-electron chi connectivity index (χ4n) is 1.04. The number of benzene rings is 1. The zero-order valence-electron chi connectivity index (χ0n) is 7.82. The normalized spacial score (nSPS) is 9.92. The molecule has 0 N–H and O–H groups in total. The molecule has 0 spiro atoms. The van der Waals surface area contributed by atoms with E-state index in [9.17, 15) is 4.79 Å². The quantitative estimate of drug-likeness (QED) is 0.461. The van der Waals surface area contributed by atoms with E-state index in [1.165, 1.54) is 20.9 Å². The van der Waals surface area contributed by atoms with Crippen molar-refractivity contribution in [2.24, 2.45) is 0 Å². The van der Waals surface area contributed by atoms with E-state index < -0.39 is 0 Å². The van der Waals surface area contributed by atoms with Crippen molar-refractivity contribution in [2.75, 3.05) is 0 Å². The molecule has 0 aromatic heterocycles. The minimum absolute atomic E-state index is 0.115. The molecule has 0 unspecified atom stereocenters. The third kappa shape index (κ3) is 3.50. The summed E-state index contributed by atoms with van der Waals surface area (Å²) in [7, 11) is 0. The zero-order valence-corrected chi connectivity index (χ0v) is 10.2. The Morgan fingerprint density at radius 2 is 2.15 bits per heavy atom. The van der Waals surface area contributed by atoms with Crippen molar-refractivity contribution in [3.05, 3.63) is 29.8 Å². The van der Waals surface area contributed by atoms with Gasteiger partial charge in [-0.2, -0.15) is 0 Å². The predicted molar refractivity (Wildman–Crippen MR) is 56.9 cm³/mol. The van der Waals surface area contributed by atoms with Crippen molar-refractivity contribution in [2.45, 2.75) is 24.2 Å². The average Bonchev–Trinajstić information content (AvgIpc) is 2.19. The number of rotatable bonds is 5. The predicted octanol–water partition coefficient (Wildman–Crippen LogP) is 2.05. The third-order valence-electron chi connectivity index (χ3n) is 1.80. The summed E-state index contributed by atoms with van der Waals surface area (Å²) in [4.78, 5) is 10.7. The first-order valence-corrected chi connectivity index (χ1v) is 7.36. The maximum absolute atomic E-state index is 10.7. The Morgan fingerprint density at radius 3 is 2.85 bits per heavy atom. The molecule has 1 aromatic carbocycles. The van der Waals surface area contributed by atoms with E-state index in [-0.39, 0.29) is 20.9 Å². The van der Waals surface area contributed by atoms with Crippen LogP contribution in [0.15, 0.2) is 24.3 Å². The van der Waals surface area contributed by atoms with Crippen molar-refractivity contribution < 1.29 is 4.79 Å². The number of unbranched alkanes of at least 4 members (excludes halogenated alkanes) is 1. The van der Waals surface area contributed by atoms with Gasteiger partial charge in [-0.3, -0.25) is 0 Å². The Morgan fingerprint density at radius 1 is 1.38 bits per heavy atom. The van der Waals surface area contributed by atoms with Gasteiger partial charge in [-0.1, -0.05) is 0 Å². The van der Waals surface area contributed by atoms with Crippen LogP contribution < -0.4 is 3.61 Å². The van der Waals surface area contributed by atoms with E-state index in [2.05, 4.69) is 13.0 Å². The molecule has 0 bridgehead atoms. The molecule has 0 fully saturated rings. The number of hydrogen-bond donors (Lipinski definition) is 0. The van der Waals surface area contributed by atoms with E-state index in [0.717, 1.165) is 11.8 Å². The zero-order chi connectivity index (χ0) is 9.52. The van der Waals surface area contributed by atoms with Crippen LogP contribution >= 0.6 is 0 Å². The third-order valence-corrected chi connectivity index (χ3v) is 5.16. The Bertz CT molecular complexity index is 271. The molecule has 2 heteroatoms. The van der Waals surface area contributed by atoms with Gasteiger partial charge in [0.1, 0.15) is 0 Å². The molecule has 1 rings (SSSR count). The Kier molecular flexibility index (Phi) is 5.12. The summed E-state index contributed by atoms with van der Waals surface area (Å²) in [6, 6.07) is 7.97. The first kappa shape index (κ1) is 10.8. The standard InChI is InChI=1S/C11H14OTe/c1-2-3-8-13-11-7-5-4-6-10(11)9-12/h4-7,9H,2-3,8H2,1H3. The van der Waals surface area contributed by atoms with Gasteiger partial charge >= 0.3 is 89.7 Å². The van der Waals surface area contributed by atoms with Crippen LogP contribution in [-0.2, 0) is 0 Å². The Balaban J connectivity index is 2.59. The monoisotopic (exact) mass is 292 g/mol. The summed E-state index contributed by atoms with van der Waals surface area (Å²) in [5.74, 6) is 0. The topological polar surface area (TPSA) is 17.1 Å². The molecular formula is C11H14OTe. The molecule has 0 radical (unpaired) electrons. The van der Waals surface area contributed by atoms with Crippen LogP contribution in [0, 0.1) is 0 Å². The van der Waals surface area contributed by atoms with E-state index in [4.69, 9.17) is 0 Å². The molecule has 0 saturated heterocycles. The Labute approximate surface area is 89.6 Å². The number of carbonyl (C=O) groups excluding carboxylic acids is 1. The van der Waals surface area contributed by atoms with Crippen LogP contribution in [-0.4, -0.2) is 27.2 Å². The summed E-state index contributed by atoms with van der Waals surface area (Å²) >= 11 is -0.115. The molecule has 0 amide bonds. The molecule has 0 aliphatic rings. The van der Waals surface area contributed by atoms with Gasteiger partial charge in [0.25, 0.3) is 0 Å². The van der Waals surface area contributed by atoms with Crippen molar-refractivity contribution in [1.29, 1.82) is 0 Å². The van der Waals surface area contributed by atoms with Gasteiger partial charge in [0.05, 0.1) is 0 Å². The van der Waals surface area contributed by atoms with Crippen LogP contribution in [0.25, 0.3) is 0 Å². The maximum atomic E-state index is 10.7. The van der Waals surface area contributed by atoms with Crippen molar-refractivity contribution in [3.8, 4) is 0 Å². The van der Waals surface area contributed by atoms with Crippen LogP contribution in [0.4, 0.5) is 0 Å². The minimum atomic E-state index is -0.115.